The molecule has 1 amide bonds. The van der Waals surface area contributed by atoms with Crippen LogP contribution in [0.2, 0.25) is 0 Å². The first kappa shape index (κ1) is 30.9. The molecule has 12 heteroatoms. The van der Waals surface area contributed by atoms with Crippen LogP contribution in [0.5, 0.6) is 5.75 Å². The van der Waals surface area contributed by atoms with Crippen molar-refractivity contribution in [2.75, 3.05) is 40.0 Å². The first-order valence-electron chi connectivity index (χ1n) is 13.8. The lowest BCUT2D eigenvalue weighted by atomic mass is 9.89. The maximum absolute atomic E-state index is 14.1. The average Bonchev–Trinajstić information content (AvgIpc) is 3.48. The van der Waals surface area contributed by atoms with Crippen LogP contribution in [-0.4, -0.2) is 94.0 Å². The molecule has 4 rings (SSSR count). The number of alkyl carbamates (subject to hydrolysis) is 1. The number of ketones is 1. The van der Waals surface area contributed by atoms with Crippen molar-refractivity contribution in [2.24, 2.45) is 5.92 Å². The average molecular weight is 590 g/mol. The second kappa shape index (κ2) is 14.2. The smallest absolute Gasteiger partial charge is 0.407 e. The Morgan fingerprint density at radius 2 is 1.88 bits per heavy atom. The van der Waals surface area contributed by atoms with E-state index in [-0.39, 0.29) is 29.7 Å². The molecule has 41 heavy (non-hydrogen) atoms. The van der Waals surface area contributed by atoms with E-state index in [0.717, 1.165) is 5.56 Å². The van der Waals surface area contributed by atoms with Gasteiger partial charge in [0.05, 0.1) is 37.4 Å². The van der Waals surface area contributed by atoms with Crippen LogP contribution >= 0.6 is 0 Å². The highest BCUT2D eigenvalue weighted by molar-refractivity contribution is 7.89. The molecule has 224 valence electrons. The maximum atomic E-state index is 14.1. The van der Waals surface area contributed by atoms with Gasteiger partial charge < -0.3 is 30.0 Å². The van der Waals surface area contributed by atoms with Gasteiger partial charge >= 0.3 is 6.09 Å². The van der Waals surface area contributed by atoms with E-state index >= 15 is 0 Å². The number of methoxy groups -OCH3 is 1. The van der Waals surface area contributed by atoms with Crippen molar-refractivity contribution >= 4 is 21.9 Å². The molecule has 0 aliphatic carbocycles. The zero-order valence-corrected chi connectivity index (χ0v) is 24.2. The lowest BCUT2D eigenvalue weighted by molar-refractivity contribution is -0.122. The number of Topliss-reactive ketones (excluding diaryl/α,β-unsaturated/α-hetero) is 1. The topological polar surface area (TPSA) is 144 Å². The van der Waals surface area contributed by atoms with E-state index in [1.165, 1.54) is 30.5 Å². The molecule has 5 atom stereocenters. The second-order valence-electron chi connectivity index (χ2n) is 10.4. The summed E-state index contributed by atoms with van der Waals surface area (Å²) in [6, 6.07) is 13.7. The Kier molecular flexibility index (Phi) is 10.7. The highest BCUT2D eigenvalue weighted by atomic mass is 32.2. The van der Waals surface area contributed by atoms with E-state index < -0.39 is 40.2 Å². The van der Waals surface area contributed by atoms with E-state index in [1.807, 2.05) is 30.3 Å². The fourth-order valence-electron chi connectivity index (χ4n) is 5.30. The van der Waals surface area contributed by atoms with Gasteiger partial charge in [0.25, 0.3) is 0 Å². The molecule has 2 aromatic carbocycles. The Bertz CT molecular complexity index is 1250. The summed E-state index contributed by atoms with van der Waals surface area (Å²) < 4.78 is 45.3. The minimum atomic E-state index is -4.16. The zero-order valence-electron chi connectivity index (χ0n) is 23.4. The van der Waals surface area contributed by atoms with Crippen molar-refractivity contribution in [1.82, 2.24) is 14.9 Å². The third kappa shape index (κ3) is 8.04. The van der Waals surface area contributed by atoms with Gasteiger partial charge in [-0.25, -0.2) is 13.2 Å². The third-order valence-corrected chi connectivity index (χ3v) is 9.50. The number of amides is 1. The molecule has 2 aliphatic rings. The molecule has 2 fully saturated rings. The quantitative estimate of drug-likeness (QED) is 0.337. The van der Waals surface area contributed by atoms with Crippen LogP contribution in [0, 0.1) is 5.92 Å². The van der Waals surface area contributed by atoms with Gasteiger partial charge in [-0.3, -0.25) is 4.79 Å². The van der Waals surface area contributed by atoms with Gasteiger partial charge in [0.15, 0.2) is 0 Å². The van der Waals surface area contributed by atoms with Gasteiger partial charge in [0, 0.05) is 31.5 Å². The van der Waals surface area contributed by atoms with Crippen molar-refractivity contribution in [2.45, 2.75) is 55.4 Å². The molecule has 2 saturated heterocycles. The lowest BCUT2D eigenvalue weighted by Crippen LogP contribution is -2.58. The summed E-state index contributed by atoms with van der Waals surface area (Å²) in [5, 5.41) is 17.5. The maximum Gasteiger partial charge on any atom is 0.407 e. The van der Waals surface area contributed by atoms with Gasteiger partial charge in [-0.1, -0.05) is 30.3 Å². The Labute approximate surface area is 241 Å². The summed E-state index contributed by atoms with van der Waals surface area (Å²) in [7, 11) is -2.67. The minimum Gasteiger partial charge on any atom is -0.497 e. The highest BCUT2D eigenvalue weighted by Crippen LogP contribution is 2.28. The molecule has 3 unspecified atom stereocenters. The molecule has 2 aliphatic heterocycles. The van der Waals surface area contributed by atoms with Crippen molar-refractivity contribution in [3.63, 3.8) is 0 Å². The Balaban J connectivity index is 1.64. The van der Waals surface area contributed by atoms with E-state index in [2.05, 4.69) is 10.6 Å². The van der Waals surface area contributed by atoms with Gasteiger partial charge in [-0.2, -0.15) is 4.31 Å². The number of nitrogens with zero attached hydrogens (tertiary/aromatic N) is 1. The summed E-state index contributed by atoms with van der Waals surface area (Å²) >= 11 is 0. The number of carbonyl (C=O) groups excluding carboxylic acids is 2. The molecule has 2 heterocycles. The van der Waals surface area contributed by atoms with E-state index in [1.54, 1.807) is 12.1 Å². The van der Waals surface area contributed by atoms with E-state index in [0.29, 0.717) is 44.9 Å². The first-order valence-corrected chi connectivity index (χ1v) is 15.3. The van der Waals surface area contributed by atoms with Gasteiger partial charge in [0.2, 0.25) is 10.0 Å². The molecular weight excluding hydrogens is 550 g/mol. The van der Waals surface area contributed by atoms with Crippen LogP contribution in [-0.2, 0) is 30.7 Å². The molecule has 0 bridgehead atoms. The number of aliphatic hydroxyl groups excluding tert-OH is 1. The van der Waals surface area contributed by atoms with Gasteiger partial charge in [-0.15, -0.1) is 0 Å². The number of nitrogens with one attached hydrogen (secondary N) is 2. The number of aliphatic hydroxyl groups is 1. The van der Waals surface area contributed by atoms with Crippen molar-refractivity contribution in [3.05, 3.63) is 60.2 Å². The summed E-state index contributed by atoms with van der Waals surface area (Å²) in [4.78, 5) is 25.4. The second-order valence-corrected chi connectivity index (χ2v) is 12.3. The summed E-state index contributed by atoms with van der Waals surface area (Å²) in [6.45, 7) is 2.75. The van der Waals surface area contributed by atoms with Gasteiger partial charge in [-0.05, 0) is 56.1 Å². The molecule has 0 saturated carbocycles. The van der Waals surface area contributed by atoms with Crippen LogP contribution < -0.4 is 15.4 Å². The number of carbonyl (C=O) groups is 2. The normalized spacial score (nSPS) is 22.6. The predicted octanol–water partition coefficient (Wildman–Crippen LogP) is 1.74. The SMILES string of the molecule is COc1ccc(S(=O)(=O)N(C[C@H](O)C(Cc2ccccc2)NC(=O)O[C@H]2CCOC2)C2CCNCC2C(C)=O)cc1. The van der Waals surface area contributed by atoms with Crippen LogP contribution in [0.25, 0.3) is 0 Å². The zero-order chi connectivity index (χ0) is 29.4. The monoisotopic (exact) mass is 589 g/mol. The van der Waals surface area contributed by atoms with Crippen LogP contribution in [0.3, 0.4) is 0 Å². The van der Waals surface area contributed by atoms with Crippen LogP contribution in [0.1, 0.15) is 25.3 Å². The first-order chi connectivity index (χ1) is 19.7. The molecule has 3 N–H and O–H groups in total. The number of hydrogen-bond donors (Lipinski definition) is 3. The van der Waals surface area contributed by atoms with Crippen molar-refractivity contribution < 1.29 is 37.3 Å². The fraction of sp³-hybridized carbons (Fsp3) is 0.517. The summed E-state index contributed by atoms with van der Waals surface area (Å²) in [6.07, 6.45) is -1.23. The number of piperidine rings is 1. The number of rotatable bonds is 12. The molecule has 0 radical (unpaired) electrons. The molecule has 0 spiro atoms. The highest BCUT2D eigenvalue weighted by Gasteiger charge is 2.41. The molecule has 0 aromatic heterocycles. The number of sulfonamides is 1. The molecular formula is C29H39N3O8S. The van der Waals surface area contributed by atoms with Crippen molar-refractivity contribution in [1.29, 1.82) is 0 Å². The van der Waals surface area contributed by atoms with Crippen molar-refractivity contribution in [3.8, 4) is 5.75 Å². The summed E-state index contributed by atoms with van der Waals surface area (Å²) in [5.41, 5.74) is 0.842. The minimum absolute atomic E-state index is 0.0135. The van der Waals surface area contributed by atoms with E-state index in [4.69, 9.17) is 14.2 Å². The van der Waals surface area contributed by atoms with Crippen LogP contribution in [0.15, 0.2) is 59.5 Å². The standard InChI is InChI=1S/C29H39N3O8S/c1-20(33)25-17-30-14-12-27(25)32(41(36,37)24-10-8-22(38-2)9-11-24)18-28(34)26(16-21-6-4-3-5-7-21)31-29(35)40-23-13-15-39-19-23/h3-11,23,25-28,30,34H,12-19H2,1-2H3,(H,31,35)/t23-,25?,26?,27?,28-/m0/s1. The Morgan fingerprint density at radius 1 is 1.15 bits per heavy atom. The lowest BCUT2D eigenvalue weighted by Gasteiger charge is -2.40. The fourth-order valence-corrected chi connectivity index (χ4v) is 7.01. The van der Waals surface area contributed by atoms with Gasteiger partial charge in [0.1, 0.15) is 17.6 Å². The number of ether oxygens (including phenoxy) is 3. The third-order valence-electron chi connectivity index (χ3n) is 7.60. The van der Waals surface area contributed by atoms with E-state index in [9.17, 15) is 23.1 Å². The number of benzene rings is 2. The molecule has 2 aromatic rings. The largest absolute Gasteiger partial charge is 0.497 e. The van der Waals surface area contributed by atoms with Crippen LogP contribution in [0.4, 0.5) is 4.79 Å². The summed E-state index contributed by atoms with van der Waals surface area (Å²) in [5.74, 6) is -0.248. The molecule has 11 nitrogen and oxygen atoms in total. The number of hydrogen-bond acceptors (Lipinski definition) is 9. The Morgan fingerprint density at radius 3 is 2.51 bits per heavy atom. The Hall–Kier alpha value is -3.03. The predicted molar refractivity (Wildman–Crippen MR) is 151 cm³/mol.